The number of carboxylic acids is 1. The number of rotatable bonds is 4. The minimum atomic E-state index is -0.727. The van der Waals surface area contributed by atoms with E-state index in [9.17, 15) is 14.7 Å². The largest absolute Gasteiger partial charge is 0.481 e. The van der Waals surface area contributed by atoms with E-state index in [2.05, 4.69) is 16.7 Å². The predicted molar refractivity (Wildman–Crippen MR) is 121 cm³/mol. The normalized spacial score (nSPS) is 22.3. The molecule has 0 bridgehead atoms. The molecule has 3 aromatic rings. The lowest BCUT2D eigenvalue weighted by molar-refractivity contribution is -0.145. The van der Waals surface area contributed by atoms with Gasteiger partial charge in [-0.25, -0.2) is 9.78 Å². The molecule has 1 fully saturated rings. The lowest BCUT2D eigenvalue weighted by Gasteiger charge is -2.36. The van der Waals surface area contributed by atoms with E-state index in [1.54, 1.807) is 4.90 Å². The van der Waals surface area contributed by atoms with Gasteiger partial charge in [0.15, 0.2) is 0 Å². The molecule has 1 aliphatic carbocycles. The number of amides is 1. The summed E-state index contributed by atoms with van der Waals surface area (Å²) < 4.78 is 7.28. The molecule has 1 saturated carbocycles. The summed E-state index contributed by atoms with van der Waals surface area (Å²) in [4.78, 5) is 30.7. The van der Waals surface area contributed by atoms with Crippen LogP contribution in [-0.2, 0) is 22.4 Å². The molecule has 1 amide bonds. The standard InChI is InChI=1S/C25H27N3O4/c1-15-8-9-19-20(27(15)25(31)32-2)10-11-21-23(19)26-22(12-16-6-4-3-5-7-16)28(21)18-13-17(14-18)24(29)30/h3-7,10-11,15,17-18H,8-9,12-14H2,1-2H3,(H,29,30)/t15-,17-,18+/m0/s1. The Morgan fingerprint density at radius 1 is 1.16 bits per heavy atom. The Kier molecular flexibility index (Phi) is 5.12. The van der Waals surface area contributed by atoms with Crippen LogP contribution in [-0.4, -0.2) is 39.9 Å². The number of carbonyl (C=O) groups is 2. The molecule has 7 heteroatoms. The van der Waals surface area contributed by atoms with Gasteiger partial charge in [-0.15, -0.1) is 0 Å². The van der Waals surface area contributed by atoms with Crippen molar-refractivity contribution in [3.63, 3.8) is 0 Å². The van der Waals surface area contributed by atoms with Crippen LogP contribution in [0.25, 0.3) is 11.0 Å². The van der Waals surface area contributed by atoms with Crippen molar-refractivity contribution in [2.24, 2.45) is 5.92 Å². The molecule has 0 saturated heterocycles. The Morgan fingerprint density at radius 2 is 1.91 bits per heavy atom. The summed E-state index contributed by atoms with van der Waals surface area (Å²) in [5.74, 6) is -0.0811. The first-order valence-electron chi connectivity index (χ1n) is 11.1. The Balaban J connectivity index is 1.63. The number of anilines is 1. The van der Waals surface area contributed by atoms with E-state index in [1.165, 1.54) is 7.11 Å². The maximum atomic E-state index is 12.5. The van der Waals surface area contributed by atoms with Crippen molar-refractivity contribution in [2.75, 3.05) is 12.0 Å². The number of aryl methyl sites for hydroxylation is 1. The number of carbonyl (C=O) groups excluding carboxylic acids is 1. The summed E-state index contributed by atoms with van der Waals surface area (Å²) in [7, 11) is 1.41. The quantitative estimate of drug-likeness (QED) is 0.652. The van der Waals surface area contributed by atoms with Crippen molar-refractivity contribution in [3.05, 3.63) is 59.4 Å². The minimum absolute atomic E-state index is 0.0567. The summed E-state index contributed by atoms with van der Waals surface area (Å²) in [6.45, 7) is 2.03. The van der Waals surface area contributed by atoms with Gasteiger partial charge < -0.3 is 14.4 Å². The smallest absolute Gasteiger partial charge is 0.414 e. The number of hydrogen-bond donors (Lipinski definition) is 1. The molecule has 1 atom stereocenters. The van der Waals surface area contributed by atoms with Crippen LogP contribution in [0.15, 0.2) is 42.5 Å². The van der Waals surface area contributed by atoms with E-state index in [4.69, 9.17) is 9.72 Å². The Hall–Kier alpha value is -3.35. The van der Waals surface area contributed by atoms with Gasteiger partial charge in [-0.2, -0.15) is 0 Å². The summed E-state index contributed by atoms with van der Waals surface area (Å²) in [6.07, 6.45) is 3.23. The van der Waals surface area contributed by atoms with Gasteiger partial charge >= 0.3 is 12.1 Å². The zero-order valence-electron chi connectivity index (χ0n) is 18.3. The zero-order chi connectivity index (χ0) is 22.4. The highest BCUT2D eigenvalue weighted by atomic mass is 16.5. The van der Waals surface area contributed by atoms with Crippen molar-refractivity contribution < 1.29 is 19.4 Å². The number of aliphatic carboxylic acids is 1. The minimum Gasteiger partial charge on any atom is -0.481 e. The fourth-order valence-corrected chi connectivity index (χ4v) is 5.13. The molecule has 7 nitrogen and oxygen atoms in total. The van der Waals surface area contributed by atoms with Crippen LogP contribution >= 0.6 is 0 Å². The van der Waals surface area contributed by atoms with Crippen LogP contribution in [0.2, 0.25) is 0 Å². The average molecular weight is 434 g/mol. The molecule has 32 heavy (non-hydrogen) atoms. The van der Waals surface area contributed by atoms with Crippen LogP contribution < -0.4 is 4.90 Å². The Morgan fingerprint density at radius 3 is 2.59 bits per heavy atom. The highest BCUT2D eigenvalue weighted by molar-refractivity contribution is 5.95. The summed E-state index contributed by atoms with van der Waals surface area (Å²) in [5.41, 5.74) is 5.01. The lowest BCUT2D eigenvalue weighted by Crippen LogP contribution is -2.42. The van der Waals surface area contributed by atoms with Crippen LogP contribution in [0.3, 0.4) is 0 Å². The number of hydrogen-bond acceptors (Lipinski definition) is 4. The number of fused-ring (bicyclic) bond motifs is 3. The van der Waals surface area contributed by atoms with Gasteiger partial charge in [-0.05, 0) is 50.3 Å². The Labute approximate surface area is 186 Å². The van der Waals surface area contributed by atoms with Crippen LogP contribution in [0.1, 0.15) is 49.2 Å². The molecule has 5 rings (SSSR count). The second-order valence-electron chi connectivity index (χ2n) is 8.88. The number of aromatic nitrogens is 2. The maximum absolute atomic E-state index is 12.5. The van der Waals surface area contributed by atoms with Gasteiger partial charge in [0.25, 0.3) is 0 Å². The fraction of sp³-hybridized carbons (Fsp3) is 0.400. The maximum Gasteiger partial charge on any atom is 0.414 e. The molecule has 1 aliphatic heterocycles. The molecule has 2 heterocycles. The second kappa shape index (κ2) is 7.97. The van der Waals surface area contributed by atoms with Crippen LogP contribution in [0.5, 0.6) is 0 Å². The van der Waals surface area contributed by atoms with E-state index >= 15 is 0 Å². The molecular weight excluding hydrogens is 406 g/mol. The molecule has 0 unspecified atom stereocenters. The summed E-state index contributed by atoms with van der Waals surface area (Å²) >= 11 is 0. The number of ether oxygens (including phenoxy) is 1. The molecule has 166 valence electrons. The monoisotopic (exact) mass is 433 g/mol. The highest BCUT2D eigenvalue weighted by Crippen LogP contribution is 2.43. The molecule has 0 radical (unpaired) electrons. The topological polar surface area (TPSA) is 84.7 Å². The lowest BCUT2D eigenvalue weighted by atomic mass is 9.80. The number of methoxy groups -OCH3 is 1. The van der Waals surface area contributed by atoms with Gasteiger partial charge in [0, 0.05) is 24.1 Å². The van der Waals surface area contributed by atoms with E-state index < -0.39 is 5.97 Å². The number of carboxylic acid groups (broad SMARTS) is 1. The van der Waals surface area contributed by atoms with Crippen molar-refractivity contribution in [1.29, 1.82) is 0 Å². The molecule has 1 aromatic heterocycles. The third kappa shape index (κ3) is 3.32. The molecule has 1 N–H and O–H groups in total. The molecular formula is C25H27N3O4. The third-order valence-corrected chi connectivity index (χ3v) is 6.93. The average Bonchev–Trinajstić information content (AvgIpc) is 3.10. The number of benzene rings is 2. The fourth-order valence-electron chi connectivity index (χ4n) is 5.13. The van der Waals surface area contributed by atoms with Gasteiger partial charge in [0.05, 0.1) is 29.7 Å². The molecule has 2 aliphatic rings. The first kappa shape index (κ1) is 20.5. The highest BCUT2D eigenvalue weighted by Gasteiger charge is 2.38. The SMILES string of the molecule is COC(=O)N1c2ccc3c(nc(Cc4ccccc4)n3[C@H]3C[C@@H](C(=O)O)C3)c2CC[C@@H]1C. The van der Waals surface area contributed by atoms with Crippen molar-refractivity contribution in [3.8, 4) is 0 Å². The Bertz CT molecular complexity index is 1180. The summed E-state index contributed by atoms with van der Waals surface area (Å²) in [5, 5.41) is 9.38. The van der Waals surface area contributed by atoms with Gasteiger partial charge in [0.1, 0.15) is 5.82 Å². The van der Waals surface area contributed by atoms with Crippen LogP contribution in [0.4, 0.5) is 10.5 Å². The van der Waals surface area contributed by atoms with E-state index in [1.807, 2.05) is 37.3 Å². The van der Waals surface area contributed by atoms with Crippen LogP contribution in [0, 0.1) is 5.92 Å². The third-order valence-electron chi connectivity index (χ3n) is 6.93. The van der Waals surface area contributed by atoms with Crippen molar-refractivity contribution in [2.45, 2.75) is 51.1 Å². The first-order chi connectivity index (χ1) is 15.5. The van der Waals surface area contributed by atoms with E-state index in [0.717, 1.165) is 46.5 Å². The molecule has 0 spiro atoms. The van der Waals surface area contributed by atoms with Crippen molar-refractivity contribution in [1.82, 2.24) is 9.55 Å². The van der Waals surface area contributed by atoms with E-state index in [0.29, 0.717) is 19.3 Å². The second-order valence-corrected chi connectivity index (χ2v) is 8.88. The van der Waals surface area contributed by atoms with Crippen molar-refractivity contribution >= 4 is 28.8 Å². The van der Waals surface area contributed by atoms with Gasteiger partial charge in [0.2, 0.25) is 0 Å². The summed E-state index contributed by atoms with van der Waals surface area (Å²) in [6, 6.07) is 14.4. The van der Waals surface area contributed by atoms with Gasteiger partial charge in [-0.3, -0.25) is 9.69 Å². The predicted octanol–water partition coefficient (Wildman–Crippen LogP) is 4.57. The first-order valence-corrected chi connectivity index (χ1v) is 11.1. The van der Waals surface area contributed by atoms with Gasteiger partial charge in [-0.1, -0.05) is 30.3 Å². The van der Waals surface area contributed by atoms with E-state index in [-0.39, 0.29) is 24.1 Å². The zero-order valence-corrected chi connectivity index (χ0v) is 18.3. The number of imidazole rings is 1. The number of nitrogens with zero attached hydrogens (tertiary/aromatic N) is 3. The molecule has 2 aromatic carbocycles.